The van der Waals surface area contributed by atoms with Crippen LogP contribution in [0.25, 0.3) is 0 Å². The minimum absolute atomic E-state index is 0.00621. The van der Waals surface area contributed by atoms with Crippen LogP contribution >= 0.6 is 0 Å². The summed E-state index contributed by atoms with van der Waals surface area (Å²) < 4.78 is 19.0. The van der Waals surface area contributed by atoms with Crippen LogP contribution in [0.5, 0.6) is 0 Å². The van der Waals surface area contributed by atoms with Gasteiger partial charge in [0, 0.05) is 26.6 Å². The van der Waals surface area contributed by atoms with Crippen molar-refractivity contribution in [1.82, 2.24) is 10.2 Å². The number of amides is 2. The molecule has 5 nitrogen and oxygen atoms in total. The molecule has 2 amide bonds. The molecule has 2 saturated heterocycles. The van der Waals surface area contributed by atoms with E-state index in [1.165, 1.54) is 19.1 Å². The summed E-state index contributed by atoms with van der Waals surface area (Å²) in [5.41, 5.74) is 0.848. The molecule has 0 radical (unpaired) electrons. The fourth-order valence-electron chi connectivity index (χ4n) is 3.67. The highest BCUT2D eigenvalue weighted by atomic mass is 19.1. The second kappa shape index (κ2) is 7.95. The first-order chi connectivity index (χ1) is 12.0. The molecule has 2 heterocycles. The Morgan fingerprint density at radius 3 is 2.64 bits per heavy atom. The zero-order valence-corrected chi connectivity index (χ0v) is 14.5. The SMILES string of the molecule is CC(=O)N1CCC[C@H](C(=O)N[C@H](c2ccc(F)cc2)[C@H]2CCCO2)C1. The van der Waals surface area contributed by atoms with Gasteiger partial charge in [0.05, 0.1) is 18.1 Å². The van der Waals surface area contributed by atoms with Crippen LogP contribution in [0.15, 0.2) is 24.3 Å². The number of ether oxygens (including phenoxy) is 1. The van der Waals surface area contributed by atoms with E-state index in [-0.39, 0.29) is 35.7 Å². The largest absolute Gasteiger partial charge is 0.376 e. The Morgan fingerprint density at radius 2 is 2.00 bits per heavy atom. The molecule has 2 aliphatic rings. The van der Waals surface area contributed by atoms with Gasteiger partial charge in [-0.2, -0.15) is 0 Å². The highest BCUT2D eigenvalue weighted by Crippen LogP contribution is 2.28. The Balaban J connectivity index is 1.72. The molecule has 0 spiro atoms. The molecular formula is C19H25FN2O3. The number of likely N-dealkylation sites (tertiary alicyclic amines) is 1. The zero-order valence-electron chi connectivity index (χ0n) is 14.5. The van der Waals surface area contributed by atoms with Gasteiger partial charge in [-0.15, -0.1) is 0 Å². The van der Waals surface area contributed by atoms with E-state index in [1.54, 1.807) is 17.0 Å². The van der Waals surface area contributed by atoms with Gasteiger partial charge in [-0.1, -0.05) is 12.1 Å². The highest BCUT2D eigenvalue weighted by Gasteiger charge is 2.33. The topological polar surface area (TPSA) is 58.6 Å². The Bertz CT molecular complexity index is 614. The van der Waals surface area contributed by atoms with E-state index in [4.69, 9.17) is 4.74 Å². The lowest BCUT2D eigenvalue weighted by Crippen LogP contribution is -2.47. The van der Waals surface area contributed by atoms with E-state index in [9.17, 15) is 14.0 Å². The van der Waals surface area contributed by atoms with Crippen molar-refractivity contribution < 1.29 is 18.7 Å². The number of halogens is 1. The second-order valence-electron chi connectivity index (χ2n) is 6.89. The van der Waals surface area contributed by atoms with Gasteiger partial charge in [0.15, 0.2) is 0 Å². The summed E-state index contributed by atoms with van der Waals surface area (Å²) in [6, 6.07) is 5.92. The minimum Gasteiger partial charge on any atom is -0.376 e. The van der Waals surface area contributed by atoms with Gasteiger partial charge in [-0.25, -0.2) is 4.39 Å². The van der Waals surface area contributed by atoms with Crippen molar-refractivity contribution >= 4 is 11.8 Å². The van der Waals surface area contributed by atoms with Crippen LogP contribution in [-0.2, 0) is 14.3 Å². The Hall–Kier alpha value is -1.95. The number of hydrogen-bond donors (Lipinski definition) is 1. The third kappa shape index (κ3) is 4.37. The van der Waals surface area contributed by atoms with Crippen molar-refractivity contribution in [3.05, 3.63) is 35.6 Å². The number of carbonyl (C=O) groups excluding carboxylic acids is 2. The average Bonchev–Trinajstić information content (AvgIpc) is 3.15. The van der Waals surface area contributed by atoms with Crippen LogP contribution in [0.2, 0.25) is 0 Å². The molecule has 0 saturated carbocycles. The monoisotopic (exact) mass is 348 g/mol. The molecule has 6 heteroatoms. The summed E-state index contributed by atoms with van der Waals surface area (Å²) in [6.07, 6.45) is 3.34. The molecule has 2 aliphatic heterocycles. The normalized spacial score (nSPS) is 24.8. The van der Waals surface area contributed by atoms with Crippen LogP contribution in [0, 0.1) is 11.7 Å². The summed E-state index contributed by atoms with van der Waals surface area (Å²) in [7, 11) is 0. The average molecular weight is 348 g/mol. The first-order valence-electron chi connectivity index (χ1n) is 8.97. The van der Waals surface area contributed by atoms with Crippen LogP contribution in [0.3, 0.4) is 0 Å². The number of carbonyl (C=O) groups is 2. The fourth-order valence-corrected chi connectivity index (χ4v) is 3.67. The molecule has 0 bridgehead atoms. The molecule has 2 fully saturated rings. The maximum absolute atomic E-state index is 13.2. The predicted octanol–water partition coefficient (Wildman–Crippen LogP) is 2.42. The fraction of sp³-hybridized carbons (Fsp3) is 0.579. The van der Waals surface area contributed by atoms with Crippen molar-refractivity contribution in [3.8, 4) is 0 Å². The van der Waals surface area contributed by atoms with Gasteiger partial charge in [-0.05, 0) is 43.4 Å². The van der Waals surface area contributed by atoms with Crippen LogP contribution < -0.4 is 5.32 Å². The lowest BCUT2D eigenvalue weighted by atomic mass is 9.94. The number of hydrogen-bond acceptors (Lipinski definition) is 3. The first-order valence-corrected chi connectivity index (χ1v) is 8.97. The number of nitrogens with zero attached hydrogens (tertiary/aromatic N) is 1. The van der Waals surface area contributed by atoms with E-state index in [0.29, 0.717) is 19.7 Å². The van der Waals surface area contributed by atoms with Gasteiger partial charge in [0.2, 0.25) is 11.8 Å². The van der Waals surface area contributed by atoms with Crippen LogP contribution in [0.1, 0.15) is 44.2 Å². The molecule has 0 unspecified atom stereocenters. The molecule has 1 N–H and O–H groups in total. The highest BCUT2D eigenvalue weighted by molar-refractivity contribution is 5.81. The van der Waals surface area contributed by atoms with Gasteiger partial charge in [0.1, 0.15) is 5.82 Å². The van der Waals surface area contributed by atoms with Gasteiger partial charge in [0.25, 0.3) is 0 Å². The predicted molar refractivity (Wildman–Crippen MR) is 91.2 cm³/mol. The van der Waals surface area contributed by atoms with Gasteiger partial charge in [-0.3, -0.25) is 9.59 Å². The molecule has 0 aromatic heterocycles. The van der Waals surface area contributed by atoms with Crippen molar-refractivity contribution in [2.45, 2.75) is 44.8 Å². The quantitative estimate of drug-likeness (QED) is 0.909. The van der Waals surface area contributed by atoms with E-state index in [0.717, 1.165) is 31.2 Å². The maximum atomic E-state index is 13.2. The summed E-state index contributed by atoms with van der Waals surface area (Å²) in [4.78, 5) is 26.1. The second-order valence-corrected chi connectivity index (χ2v) is 6.89. The van der Waals surface area contributed by atoms with E-state index in [1.807, 2.05) is 0 Å². The first kappa shape index (κ1) is 17.9. The van der Waals surface area contributed by atoms with E-state index in [2.05, 4.69) is 5.32 Å². The smallest absolute Gasteiger partial charge is 0.225 e. The van der Waals surface area contributed by atoms with Gasteiger partial charge < -0.3 is 15.0 Å². The molecule has 3 atom stereocenters. The maximum Gasteiger partial charge on any atom is 0.225 e. The molecular weight excluding hydrogens is 323 g/mol. The molecule has 136 valence electrons. The van der Waals surface area contributed by atoms with E-state index < -0.39 is 0 Å². The van der Waals surface area contributed by atoms with Crippen molar-refractivity contribution in [3.63, 3.8) is 0 Å². The molecule has 25 heavy (non-hydrogen) atoms. The van der Waals surface area contributed by atoms with Crippen LogP contribution in [0.4, 0.5) is 4.39 Å². The molecule has 3 rings (SSSR count). The van der Waals surface area contributed by atoms with Crippen molar-refractivity contribution in [2.75, 3.05) is 19.7 Å². The molecule has 0 aliphatic carbocycles. The standard InChI is InChI=1S/C19H25FN2O3/c1-13(23)22-10-2-4-15(12-22)19(24)21-18(17-5-3-11-25-17)14-6-8-16(20)9-7-14/h6-9,15,17-18H,2-5,10-12H2,1H3,(H,21,24)/t15-,17+,18+/m0/s1. The number of piperidine rings is 1. The van der Waals surface area contributed by atoms with E-state index >= 15 is 0 Å². The van der Waals surface area contributed by atoms with Crippen LogP contribution in [-0.4, -0.2) is 42.5 Å². The third-order valence-corrected chi connectivity index (χ3v) is 5.10. The Kier molecular flexibility index (Phi) is 5.68. The number of nitrogens with one attached hydrogen (secondary N) is 1. The summed E-state index contributed by atoms with van der Waals surface area (Å²) >= 11 is 0. The lowest BCUT2D eigenvalue weighted by Gasteiger charge is -2.33. The van der Waals surface area contributed by atoms with Gasteiger partial charge >= 0.3 is 0 Å². The number of rotatable bonds is 4. The third-order valence-electron chi connectivity index (χ3n) is 5.10. The number of benzene rings is 1. The van der Waals surface area contributed by atoms with Crippen molar-refractivity contribution in [2.24, 2.45) is 5.92 Å². The zero-order chi connectivity index (χ0) is 17.8. The molecule has 1 aromatic carbocycles. The Labute approximate surface area is 147 Å². The summed E-state index contributed by atoms with van der Waals surface area (Å²) in [5.74, 6) is -0.560. The minimum atomic E-state index is -0.300. The lowest BCUT2D eigenvalue weighted by molar-refractivity contribution is -0.134. The Morgan fingerprint density at radius 1 is 1.24 bits per heavy atom. The summed E-state index contributed by atoms with van der Waals surface area (Å²) in [6.45, 7) is 3.39. The molecule has 1 aromatic rings. The summed E-state index contributed by atoms with van der Waals surface area (Å²) in [5, 5.41) is 3.10. The van der Waals surface area contributed by atoms with Crippen molar-refractivity contribution in [1.29, 1.82) is 0 Å².